The molecule has 0 aliphatic carbocycles. The van der Waals surface area contributed by atoms with E-state index in [0.29, 0.717) is 15.8 Å². The van der Waals surface area contributed by atoms with E-state index in [9.17, 15) is 4.79 Å². The Hall–Kier alpha value is -2.87. The summed E-state index contributed by atoms with van der Waals surface area (Å²) in [5.74, 6) is 3.35. The van der Waals surface area contributed by atoms with Crippen LogP contribution in [0.1, 0.15) is 25.5 Å². The first kappa shape index (κ1) is 22.8. The fraction of sp³-hybridized carbons (Fsp3) is 0.240. The maximum absolute atomic E-state index is 13.1. The highest BCUT2D eigenvalue weighted by Crippen LogP contribution is 2.30. The summed E-state index contributed by atoms with van der Waals surface area (Å²) in [4.78, 5) is 13.1. The van der Waals surface area contributed by atoms with Crippen molar-refractivity contribution in [3.05, 3.63) is 70.2 Å². The van der Waals surface area contributed by atoms with Crippen LogP contribution in [-0.4, -0.2) is 19.1 Å². The van der Waals surface area contributed by atoms with Crippen LogP contribution in [0.4, 0.5) is 0 Å². The number of hydrogen-bond acceptors (Lipinski definition) is 3. The second kappa shape index (κ2) is 9.96. The number of carbonyl (C=O) groups is 1. The molecule has 1 amide bonds. The Kier molecular flexibility index (Phi) is 7.33. The molecule has 0 saturated carbocycles. The van der Waals surface area contributed by atoms with Gasteiger partial charge in [0.05, 0.1) is 12.1 Å². The molecule has 2 atom stereocenters. The fourth-order valence-corrected chi connectivity index (χ4v) is 3.65. The zero-order valence-corrected chi connectivity index (χ0v) is 19.0. The monoisotopic (exact) mass is 455 g/mol. The molecule has 4 nitrogen and oxygen atoms in total. The molecule has 0 spiro atoms. The number of carbonyl (C=O) groups excluding carboxylic acids is 1. The molecule has 160 valence electrons. The van der Waals surface area contributed by atoms with Crippen LogP contribution >= 0.6 is 23.2 Å². The molecule has 0 bridgehead atoms. The second-order valence-corrected chi connectivity index (χ2v) is 8.28. The van der Waals surface area contributed by atoms with Crippen molar-refractivity contribution < 1.29 is 14.3 Å². The molecule has 0 saturated heterocycles. The van der Waals surface area contributed by atoms with Gasteiger partial charge in [0.2, 0.25) is 0 Å². The molecule has 1 N–H and O–H groups in total. The number of terminal acetylenes is 1. The predicted molar refractivity (Wildman–Crippen MR) is 126 cm³/mol. The Morgan fingerprint density at radius 1 is 1.03 bits per heavy atom. The SMILES string of the molecule is C#CC(NC(=O)C(Oc1ccc(Cl)cc1Cl)C(C)C)c1ccc2ccc(OC)cc2c1. The number of nitrogens with one attached hydrogen (secondary N) is 1. The van der Waals surface area contributed by atoms with E-state index < -0.39 is 12.1 Å². The van der Waals surface area contributed by atoms with Crippen molar-refractivity contribution >= 4 is 39.9 Å². The molecule has 6 heteroatoms. The number of amides is 1. The summed E-state index contributed by atoms with van der Waals surface area (Å²) in [6, 6.07) is 15.9. The molecule has 0 aliphatic rings. The number of hydrogen-bond donors (Lipinski definition) is 1. The van der Waals surface area contributed by atoms with Crippen LogP contribution in [0.15, 0.2) is 54.6 Å². The number of ether oxygens (including phenoxy) is 2. The molecular weight excluding hydrogens is 433 g/mol. The van der Waals surface area contributed by atoms with Gasteiger partial charge in [0.1, 0.15) is 17.5 Å². The Labute approximate surface area is 192 Å². The smallest absolute Gasteiger partial charge is 0.262 e. The van der Waals surface area contributed by atoms with E-state index in [2.05, 4.69) is 11.2 Å². The van der Waals surface area contributed by atoms with Crippen molar-refractivity contribution in [3.63, 3.8) is 0 Å². The van der Waals surface area contributed by atoms with Gasteiger partial charge < -0.3 is 14.8 Å². The first-order valence-corrected chi connectivity index (χ1v) is 10.5. The second-order valence-electron chi connectivity index (χ2n) is 7.44. The molecular formula is C25H23Cl2NO3. The van der Waals surface area contributed by atoms with E-state index in [0.717, 1.165) is 22.1 Å². The van der Waals surface area contributed by atoms with Crippen LogP contribution < -0.4 is 14.8 Å². The van der Waals surface area contributed by atoms with Crippen molar-refractivity contribution in [1.29, 1.82) is 0 Å². The van der Waals surface area contributed by atoms with Crippen LogP contribution in [-0.2, 0) is 4.79 Å². The minimum atomic E-state index is -0.782. The van der Waals surface area contributed by atoms with Crippen molar-refractivity contribution in [2.45, 2.75) is 26.0 Å². The summed E-state index contributed by atoms with van der Waals surface area (Å²) in [5, 5.41) is 5.75. The summed E-state index contributed by atoms with van der Waals surface area (Å²) >= 11 is 12.2. The molecule has 0 heterocycles. The minimum Gasteiger partial charge on any atom is -0.497 e. The van der Waals surface area contributed by atoms with Gasteiger partial charge in [-0.1, -0.05) is 61.2 Å². The van der Waals surface area contributed by atoms with Gasteiger partial charge in [-0.25, -0.2) is 0 Å². The number of fused-ring (bicyclic) bond motifs is 1. The van der Waals surface area contributed by atoms with Crippen molar-refractivity contribution in [2.75, 3.05) is 7.11 Å². The lowest BCUT2D eigenvalue weighted by molar-refractivity contribution is -0.130. The quantitative estimate of drug-likeness (QED) is 0.441. The van der Waals surface area contributed by atoms with Gasteiger partial charge in [0.15, 0.2) is 6.10 Å². The molecule has 3 rings (SSSR count). The van der Waals surface area contributed by atoms with Gasteiger partial charge in [0.25, 0.3) is 5.91 Å². The largest absolute Gasteiger partial charge is 0.497 e. The van der Waals surface area contributed by atoms with Gasteiger partial charge in [-0.05, 0) is 58.7 Å². The summed E-state index contributed by atoms with van der Waals surface area (Å²) in [6.45, 7) is 3.78. The van der Waals surface area contributed by atoms with Gasteiger partial charge in [-0.15, -0.1) is 6.42 Å². The maximum atomic E-state index is 13.1. The standard InChI is InChI=1S/C25H23Cl2NO3/c1-5-22(17-7-6-16-8-10-20(30-4)13-18(16)12-17)28-25(29)24(15(2)3)31-23-11-9-19(26)14-21(23)27/h1,6-15,22,24H,2-4H3,(H,28,29). The number of methoxy groups -OCH3 is 1. The molecule has 0 radical (unpaired) electrons. The fourth-order valence-electron chi connectivity index (χ4n) is 3.20. The zero-order chi connectivity index (χ0) is 22.5. The number of rotatable bonds is 7. The van der Waals surface area contributed by atoms with E-state index in [1.54, 1.807) is 25.3 Å². The topological polar surface area (TPSA) is 47.6 Å². The van der Waals surface area contributed by atoms with Gasteiger partial charge in [0, 0.05) is 5.02 Å². The third-order valence-electron chi connectivity index (χ3n) is 4.87. The summed E-state index contributed by atoms with van der Waals surface area (Å²) < 4.78 is 11.2. The van der Waals surface area contributed by atoms with Crippen molar-refractivity contribution in [1.82, 2.24) is 5.32 Å². The Bertz CT molecular complexity index is 1140. The van der Waals surface area contributed by atoms with Gasteiger partial charge in [-0.2, -0.15) is 0 Å². The molecule has 3 aromatic rings. The van der Waals surface area contributed by atoms with Crippen LogP contribution in [0, 0.1) is 18.3 Å². The molecule has 0 aliphatic heterocycles. The highest BCUT2D eigenvalue weighted by molar-refractivity contribution is 6.35. The van der Waals surface area contributed by atoms with Gasteiger partial charge in [-0.3, -0.25) is 4.79 Å². The van der Waals surface area contributed by atoms with Crippen LogP contribution in [0.25, 0.3) is 10.8 Å². The van der Waals surface area contributed by atoms with E-state index >= 15 is 0 Å². The van der Waals surface area contributed by atoms with Gasteiger partial charge >= 0.3 is 0 Å². The van der Waals surface area contributed by atoms with E-state index in [-0.39, 0.29) is 11.8 Å². The first-order chi connectivity index (χ1) is 14.8. The first-order valence-electron chi connectivity index (χ1n) is 9.78. The van der Waals surface area contributed by atoms with E-state index in [4.69, 9.17) is 39.1 Å². The van der Waals surface area contributed by atoms with E-state index in [1.807, 2.05) is 50.2 Å². The average molecular weight is 456 g/mol. The normalized spacial score (nSPS) is 12.8. The lowest BCUT2D eigenvalue weighted by Gasteiger charge is -2.24. The lowest BCUT2D eigenvalue weighted by atomic mass is 10.0. The lowest BCUT2D eigenvalue weighted by Crippen LogP contribution is -2.43. The molecule has 0 aromatic heterocycles. The Morgan fingerprint density at radius 2 is 1.77 bits per heavy atom. The van der Waals surface area contributed by atoms with Crippen LogP contribution in [0.2, 0.25) is 10.0 Å². The summed E-state index contributed by atoms with van der Waals surface area (Å²) in [6.07, 6.45) is 4.97. The van der Waals surface area contributed by atoms with E-state index in [1.165, 1.54) is 0 Å². The minimum absolute atomic E-state index is 0.119. The van der Waals surface area contributed by atoms with Crippen LogP contribution in [0.3, 0.4) is 0 Å². The zero-order valence-electron chi connectivity index (χ0n) is 17.5. The predicted octanol–water partition coefficient (Wildman–Crippen LogP) is 6.05. The highest BCUT2D eigenvalue weighted by Gasteiger charge is 2.27. The van der Waals surface area contributed by atoms with Crippen molar-refractivity contribution in [3.8, 4) is 23.8 Å². The molecule has 3 aromatic carbocycles. The highest BCUT2D eigenvalue weighted by atomic mass is 35.5. The van der Waals surface area contributed by atoms with Crippen molar-refractivity contribution in [2.24, 2.45) is 5.92 Å². The average Bonchev–Trinajstić information content (AvgIpc) is 2.75. The van der Waals surface area contributed by atoms with Crippen LogP contribution in [0.5, 0.6) is 11.5 Å². The summed E-state index contributed by atoms with van der Waals surface area (Å²) in [5.41, 5.74) is 0.795. The molecule has 31 heavy (non-hydrogen) atoms. The third-order valence-corrected chi connectivity index (χ3v) is 5.40. The molecule has 2 unspecified atom stereocenters. The Morgan fingerprint density at radius 3 is 2.42 bits per heavy atom. The number of halogens is 2. The summed E-state index contributed by atoms with van der Waals surface area (Å²) in [7, 11) is 1.62. The Balaban J connectivity index is 1.82. The maximum Gasteiger partial charge on any atom is 0.262 e. The third kappa shape index (κ3) is 5.44. The molecule has 0 fully saturated rings. The number of benzene rings is 3.